The number of carbonyl (C=O) groups is 1. The van der Waals surface area contributed by atoms with Gasteiger partial charge in [-0.05, 0) is 22.9 Å². The number of amides is 1. The molecule has 1 aromatic rings. The number of nitrogens with zero attached hydrogens (tertiary/aromatic N) is 3. The van der Waals surface area contributed by atoms with Crippen LogP contribution in [-0.4, -0.2) is 34.5 Å². The molecule has 5 nitrogen and oxygen atoms in total. The SMILES string of the molecule is Cc1ncn(CCC(=O)N(C)C)c(=O)c1Br. The molecule has 0 N–H and O–H groups in total. The maximum atomic E-state index is 11.7. The van der Waals surface area contributed by atoms with Gasteiger partial charge in [-0.15, -0.1) is 0 Å². The van der Waals surface area contributed by atoms with Crippen LogP contribution in [0, 0.1) is 6.92 Å². The lowest BCUT2D eigenvalue weighted by molar-refractivity contribution is -0.128. The number of rotatable bonds is 3. The molecule has 0 saturated carbocycles. The Hall–Kier alpha value is -1.17. The molecule has 0 aliphatic heterocycles. The number of aromatic nitrogens is 2. The van der Waals surface area contributed by atoms with Crippen molar-refractivity contribution in [3.63, 3.8) is 0 Å². The molecule has 0 aromatic carbocycles. The summed E-state index contributed by atoms with van der Waals surface area (Å²) in [4.78, 5) is 28.6. The van der Waals surface area contributed by atoms with E-state index in [0.29, 0.717) is 23.1 Å². The van der Waals surface area contributed by atoms with Crippen LogP contribution in [0.4, 0.5) is 0 Å². The van der Waals surface area contributed by atoms with Crippen LogP contribution >= 0.6 is 15.9 Å². The Morgan fingerprint density at radius 2 is 2.19 bits per heavy atom. The Morgan fingerprint density at radius 1 is 1.56 bits per heavy atom. The Bertz CT molecular complexity index is 454. The van der Waals surface area contributed by atoms with Crippen LogP contribution < -0.4 is 5.56 Å². The van der Waals surface area contributed by atoms with Crippen LogP contribution in [0.1, 0.15) is 12.1 Å². The predicted octanol–water partition coefficient (Wildman–Crippen LogP) is 0.793. The lowest BCUT2D eigenvalue weighted by atomic mass is 10.3. The van der Waals surface area contributed by atoms with Gasteiger partial charge in [-0.25, -0.2) is 4.98 Å². The summed E-state index contributed by atoms with van der Waals surface area (Å²) in [5, 5.41) is 0. The Kier molecular flexibility index (Phi) is 4.23. The Morgan fingerprint density at radius 3 is 2.75 bits per heavy atom. The van der Waals surface area contributed by atoms with Crippen LogP contribution in [0.2, 0.25) is 0 Å². The number of aryl methyl sites for hydroxylation is 2. The molecule has 0 saturated heterocycles. The van der Waals surface area contributed by atoms with Crippen molar-refractivity contribution < 1.29 is 4.79 Å². The quantitative estimate of drug-likeness (QED) is 0.826. The van der Waals surface area contributed by atoms with Gasteiger partial charge in [0.05, 0.1) is 12.0 Å². The maximum absolute atomic E-state index is 11.7. The standard InChI is InChI=1S/C10H14BrN3O2/c1-7-9(11)10(16)14(6-12-7)5-4-8(15)13(2)3/h6H,4-5H2,1-3H3. The molecule has 0 bridgehead atoms. The van der Waals surface area contributed by atoms with Gasteiger partial charge < -0.3 is 4.90 Å². The molecule has 6 heteroatoms. The summed E-state index contributed by atoms with van der Waals surface area (Å²) in [5.74, 6) is -0.0106. The van der Waals surface area contributed by atoms with Crippen molar-refractivity contribution >= 4 is 21.8 Å². The van der Waals surface area contributed by atoms with E-state index in [2.05, 4.69) is 20.9 Å². The molecule has 88 valence electrons. The number of halogens is 1. The second-order valence-corrected chi connectivity index (χ2v) is 4.47. The molecule has 0 spiro atoms. The van der Waals surface area contributed by atoms with Crippen LogP contribution in [-0.2, 0) is 11.3 Å². The molecule has 0 atom stereocenters. The van der Waals surface area contributed by atoms with Gasteiger partial charge in [-0.3, -0.25) is 14.2 Å². The average Bonchev–Trinajstić information content (AvgIpc) is 2.24. The van der Waals surface area contributed by atoms with Gasteiger partial charge in [0.15, 0.2) is 0 Å². The summed E-state index contributed by atoms with van der Waals surface area (Å²) < 4.78 is 1.88. The van der Waals surface area contributed by atoms with Gasteiger partial charge >= 0.3 is 0 Å². The zero-order valence-corrected chi connectivity index (χ0v) is 11.1. The normalized spacial score (nSPS) is 10.2. The van der Waals surface area contributed by atoms with Crippen molar-refractivity contribution in [2.75, 3.05) is 14.1 Å². The first kappa shape index (κ1) is 12.9. The summed E-state index contributed by atoms with van der Waals surface area (Å²) in [6.45, 7) is 2.10. The largest absolute Gasteiger partial charge is 0.349 e. The van der Waals surface area contributed by atoms with Crippen molar-refractivity contribution in [1.82, 2.24) is 14.5 Å². The van der Waals surface area contributed by atoms with E-state index in [9.17, 15) is 9.59 Å². The van der Waals surface area contributed by atoms with Gasteiger partial charge in [0, 0.05) is 27.1 Å². The van der Waals surface area contributed by atoms with Crippen LogP contribution in [0.25, 0.3) is 0 Å². The van der Waals surface area contributed by atoms with Crippen LogP contribution in [0.5, 0.6) is 0 Å². The highest BCUT2D eigenvalue weighted by Crippen LogP contribution is 2.06. The topological polar surface area (TPSA) is 55.2 Å². The first-order valence-electron chi connectivity index (χ1n) is 4.85. The molecule has 16 heavy (non-hydrogen) atoms. The minimum absolute atomic E-state index is 0.0106. The lowest BCUT2D eigenvalue weighted by Crippen LogP contribution is -2.27. The first-order chi connectivity index (χ1) is 7.43. The van der Waals surface area contributed by atoms with E-state index in [1.807, 2.05) is 0 Å². The van der Waals surface area contributed by atoms with Gasteiger partial charge in [-0.2, -0.15) is 0 Å². The molecule has 1 aromatic heterocycles. The maximum Gasteiger partial charge on any atom is 0.267 e. The predicted molar refractivity (Wildman–Crippen MR) is 64.2 cm³/mol. The van der Waals surface area contributed by atoms with E-state index in [-0.39, 0.29) is 11.5 Å². The number of carbonyl (C=O) groups excluding carboxylic acids is 1. The monoisotopic (exact) mass is 287 g/mol. The molecular weight excluding hydrogens is 274 g/mol. The van der Waals surface area contributed by atoms with E-state index in [1.165, 1.54) is 15.8 Å². The summed E-state index contributed by atoms with van der Waals surface area (Å²) in [7, 11) is 3.38. The molecule has 0 radical (unpaired) electrons. The fourth-order valence-corrected chi connectivity index (χ4v) is 1.48. The van der Waals surface area contributed by atoms with Crippen molar-refractivity contribution in [2.24, 2.45) is 0 Å². The van der Waals surface area contributed by atoms with Crippen LogP contribution in [0.3, 0.4) is 0 Å². The molecule has 1 rings (SSSR count). The third kappa shape index (κ3) is 2.91. The molecule has 1 amide bonds. The third-order valence-corrected chi connectivity index (χ3v) is 3.14. The molecule has 0 aliphatic rings. The Balaban J connectivity index is 2.80. The smallest absolute Gasteiger partial charge is 0.267 e. The zero-order valence-electron chi connectivity index (χ0n) is 9.53. The van der Waals surface area contributed by atoms with Crippen molar-refractivity contribution in [2.45, 2.75) is 19.9 Å². The van der Waals surface area contributed by atoms with Gasteiger partial charge in [0.2, 0.25) is 5.91 Å². The van der Waals surface area contributed by atoms with Gasteiger partial charge in [-0.1, -0.05) is 0 Å². The minimum Gasteiger partial charge on any atom is -0.349 e. The van der Waals surface area contributed by atoms with E-state index in [1.54, 1.807) is 21.0 Å². The third-order valence-electron chi connectivity index (χ3n) is 2.22. The summed E-state index contributed by atoms with van der Waals surface area (Å²) in [5.41, 5.74) is 0.499. The average molecular weight is 288 g/mol. The summed E-state index contributed by atoms with van der Waals surface area (Å²) in [6.07, 6.45) is 1.76. The second kappa shape index (κ2) is 5.25. The minimum atomic E-state index is -0.154. The first-order valence-corrected chi connectivity index (χ1v) is 5.64. The highest BCUT2D eigenvalue weighted by atomic mass is 79.9. The summed E-state index contributed by atoms with van der Waals surface area (Å²) >= 11 is 3.17. The Labute approximate surface area is 102 Å². The molecule has 1 heterocycles. The number of hydrogen-bond acceptors (Lipinski definition) is 3. The van der Waals surface area contributed by atoms with E-state index < -0.39 is 0 Å². The molecule has 0 unspecified atom stereocenters. The molecule has 0 fully saturated rings. The van der Waals surface area contributed by atoms with Crippen LogP contribution in [0.15, 0.2) is 15.6 Å². The highest BCUT2D eigenvalue weighted by Gasteiger charge is 2.08. The second-order valence-electron chi connectivity index (χ2n) is 3.68. The zero-order chi connectivity index (χ0) is 12.3. The number of hydrogen-bond donors (Lipinski definition) is 0. The van der Waals surface area contributed by atoms with Gasteiger partial charge in [0.1, 0.15) is 4.47 Å². The molecule has 0 aliphatic carbocycles. The van der Waals surface area contributed by atoms with Crippen molar-refractivity contribution in [3.8, 4) is 0 Å². The molecular formula is C10H14BrN3O2. The fourth-order valence-electron chi connectivity index (χ4n) is 1.15. The van der Waals surface area contributed by atoms with E-state index in [0.717, 1.165) is 0 Å². The summed E-state index contributed by atoms with van der Waals surface area (Å²) in [6, 6.07) is 0. The van der Waals surface area contributed by atoms with Crippen molar-refractivity contribution in [1.29, 1.82) is 0 Å². The van der Waals surface area contributed by atoms with Crippen molar-refractivity contribution in [3.05, 3.63) is 26.8 Å². The van der Waals surface area contributed by atoms with E-state index in [4.69, 9.17) is 0 Å². The van der Waals surface area contributed by atoms with E-state index >= 15 is 0 Å². The lowest BCUT2D eigenvalue weighted by Gasteiger charge is -2.11. The highest BCUT2D eigenvalue weighted by molar-refractivity contribution is 9.10. The fraction of sp³-hybridized carbons (Fsp3) is 0.500. The van der Waals surface area contributed by atoms with Gasteiger partial charge in [0.25, 0.3) is 5.56 Å².